The van der Waals surface area contributed by atoms with Crippen molar-refractivity contribution in [2.75, 3.05) is 0 Å². The third kappa shape index (κ3) is 2.15. The van der Waals surface area contributed by atoms with Gasteiger partial charge in [-0.3, -0.25) is 0 Å². The largest absolute Gasteiger partial charge is 0.507 e. The molecule has 0 saturated heterocycles. The maximum absolute atomic E-state index is 13.5. The maximum atomic E-state index is 13.5. The van der Waals surface area contributed by atoms with Crippen LogP contribution in [-0.2, 0) is 0 Å². The second kappa shape index (κ2) is 4.44. The summed E-state index contributed by atoms with van der Waals surface area (Å²) >= 11 is 0. The van der Waals surface area contributed by atoms with Crippen LogP contribution >= 0.6 is 0 Å². The van der Waals surface area contributed by atoms with E-state index in [2.05, 4.69) is 0 Å². The zero-order chi connectivity index (χ0) is 13.3. The van der Waals surface area contributed by atoms with Gasteiger partial charge in [0.05, 0.1) is 5.56 Å². The predicted molar refractivity (Wildman–Crippen MR) is 60.4 cm³/mol. The molecule has 0 atom stereocenters. The van der Waals surface area contributed by atoms with Gasteiger partial charge in [0.2, 0.25) is 0 Å². The van der Waals surface area contributed by atoms with Crippen molar-refractivity contribution in [3.05, 3.63) is 53.6 Å². The van der Waals surface area contributed by atoms with E-state index < -0.39 is 23.4 Å². The first kappa shape index (κ1) is 12.0. The van der Waals surface area contributed by atoms with Crippen LogP contribution in [0.1, 0.15) is 10.4 Å². The minimum absolute atomic E-state index is 0.0389. The zero-order valence-corrected chi connectivity index (χ0v) is 9.02. The van der Waals surface area contributed by atoms with Crippen LogP contribution in [0.25, 0.3) is 11.1 Å². The molecule has 0 aliphatic carbocycles. The first-order chi connectivity index (χ1) is 8.49. The molecule has 18 heavy (non-hydrogen) atoms. The monoisotopic (exact) mass is 250 g/mol. The van der Waals surface area contributed by atoms with Crippen molar-refractivity contribution in [2.24, 2.45) is 0 Å². The molecule has 0 unspecified atom stereocenters. The summed E-state index contributed by atoms with van der Waals surface area (Å²) in [5.41, 5.74) is -0.213. The molecule has 0 bridgehead atoms. The molecule has 2 rings (SSSR count). The summed E-state index contributed by atoms with van der Waals surface area (Å²) in [6, 6.07) is 6.27. The molecule has 92 valence electrons. The summed E-state index contributed by atoms with van der Waals surface area (Å²) in [5.74, 6) is -2.97. The lowest BCUT2D eigenvalue weighted by Gasteiger charge is -2.07. The summed E-state index contributed by atoms with van der Waals surface area (Å²) in [6.07, 6.45) is 0. The van der Waals surface area contributed by atoms with Gasteiger partial charge in [-0.25, -0.2) is 13.6 Å². The van der Waals surface area contributed by atoms with Gasteiger partial charge in [-0.1, -0.05) is 0 Å². The topological polar surface area (TPSA) is 57.5 Å². The van der Waals surface area contributed by atoms with Crippen LogP contribution in [0.3, 0.4) is 0 Å². The second-order valence-electron chi connectivity index (χ2n) is 3.66. The number of aromatic carboxylic acids is 1. The Kier molecular flexibility index (Phi) is 2.97. The van der Waals surface area contributed by atoms with Crippen molar-refractivity contribution in [1.82, 2.24) is 0 Å². The smallest absolute Gasteiger partial charge is 0.335 e. The Morgan fingerprint density at radius 1 is 1.00 bits per heavy atom. The highest BCUT2D eigenvalue weighted by molar-refractivity contribution is 5.89. The maximum Gasteiger partial charge on any atom is 0.335 e. The molecule has 0 spiro atoms. The average molecular weight is 250 g/mol. The lowest BCUT2D eigenvalue weighted by Crippen LogP contribution is -1.96. The SMILES string of the molecule is O=C(O)c1ccc(-c2cc(F)ccc2F)c(O)c1. The van der Waals surface area contributed by atoms with Crippen LogP contribution in [0.4, 0.5) is 8.78 Å². The summed E-state index contributed by atoms with van der Waals surface area (Å²) in [4.78, 5) is 10.7. The van der Waals surface area contributed by atoms with Crippen molar-refractivity contribution in [3.8, 4) is 16.9 Å². The van der Waals surface area contributed by atoms with Gasteiger partial charge in [-0.15, -0.1) is 0 Å². The van der Waals surface area contributed by atoms with E-state index in [4.69, 9.17) is 5.11 Å². The van der Waals surface area contributed by atoms with E-state index in [1.165, 1.54) is 12.1 Å². The quantitative estimate of drug-likeness (QED) is 0.861. The van der Waals surface area contributed by atoms with Crippen molar-refractivity contribution >= 4 is 5.97 Å². The Morgan fingerprint density at radius 3 is 2.33 bits per heavy atom. The number of hydrogen-bond donors (Lipinski definition) is 2. The summed E-state index contributed by atoms with van der Waals surface area (Å²) in [6.45, 7) is 0. The van der Waals surface area contributed by atoms with E-state index in [-0.39, 0.29) is 16.7 Å². The van der Waals surface area contributed by atoms with Crippen LogP contribution in [-0.4, -0.2) is 16.2 Å². The van der Waals surface area contributed by atoms with Crippen LogP contribution in [0.5, 0.6) is 5.75 Å². The molecular formula is C13H8F2O3. The van der Waals surface area contributed by atoms with E-state index >= 15 is 0 Å². The van der Waals surface area contributed by atoms with Gasteiger partial charge < -0.3 is 10.2 Å². The number of rotatable bonds is 2. The molecule has 3 nitrogen and oxygen atoms in total. The molecule has 0 amide bonds. The van der Waals surface area contributed by atoms with Gasteiger partial charge in [0.25, 0.3) is 0 Å². The molecular weight excluding hydrogens is 242 g/mol. The standard InChI is InChI=1S/C13H8F2O3/c14-8-2-4-11(15)10(6-8)9-3-1-7(13(17)18)5-12(9)16/h1-6,16H,(H,17,18). The van der Waals surface area contributed by atoms with E-state index in [0.29, 0.717) is 0 Å². The van der Waals surface area contributed by atoms with Gasteiger partial charge in [0, 0.05) is 11.1 Å². The minimum atomic E-state index is -1.21. The van der Waals surface area contributed by atoms with Gasteiger partial charge in [-0.05, 0) is 36.4 Å². The number of carbonyl (C=O) groups is 1. The van der Waals surface area contributed by atoms with E-state index in [1.807, 2.05) is 0 Å². The number of hydrogen-bond acceptors (Lipinski definition) is 2. The van der Waals surface area contributed by atoms with Gasteiger partial charge >= 0.3 is 5.97 Å². The lowest BCUT2D eigenvalue weighted by atomic mass is 10.0. The van der Waals surface area contributed by atoms with Crippen LogP contribution < -0.4 is 0 Å². The number of benzene rings is 2. The predicted octanol–water partition coefficient (Wildman–Crippen LogP) is 3.04. The third-order valence-electron chi connectivity index (χ3n) is 2.46. The van der Waals surface area contributed by atoms with Crippen LogP contribution in [0, 0.1) is 11.6 Å². The molecule has 0 heterocycles. The summed E-state index contributed by atoms with van der Waals surface area (Å²) in [7, 11) is 0. The fourth-order valence-corrected chi connectivity index (χ4v) is 1.60. The fourth-order valence-electron chi connectivity index (χ4n) is 1.60. The molecule has 0 fully saturated rings. The summed E-state index contributed by atoms with van der Waals surface area (Å²) in [5, 5.41) is 18.4. The van der Waals surface area contributed by atoms with Crippen LogP contribution in [0.15, 0.2) is 36.4 Å². The number of carboxylic acid groups (broad SMARTS) is 1. The average Bonchev–Trinajstić information content (AvgIpc) is 2.32. The van der Waals surface area contributed by atoms with Crippen molar-refractivity contribution < 1.29 is 23.8 Å². The molecule has 0 aromatic heterocycles. The Hall–Kier alpha value is -2.43. The zero-order valence-electron chi connectivity index (χ0n) is 9.02. The van der Waals surface area contributed by atoms with Crippen molar-refractivity contribution in [1.29, 1.82) is 0 Å². The molecule has 0 radical (unpaired) electrons. The highest BCUT2D eigenvalue weighted by Crippen LogP contribution is 2.32. The summed E-state index contributed by atoms with van der Waals surface area (Å²) < 4.78 is 26.5. The first-order valence-electron chi connectivity index (χ1n) is 5.01. The highest BCUT2D eigenvalue weighted by Gasteiger charge is 2.13. The Morgan fingerprint density at radius 2 is 1.72 bits per heavy atom. The molecule has 5 heteroatoms. The number of aromatic hydroxyl groups is 1. The van der Waals surface area contributed by atoms with Gasteiger partial charge in [0.1, 0.15) is 17.4 Å². The molecule has 0 saturated carbocycles. The highest BCUT2D eigenvalue weighted by atomic mass is 19.1. The Labute approximate surface area is 101 Å². The van der Waals surface area contributed by atoms with Gasteiger partial charge in [-0.2, -0.15) is 0 Å². The Balaban J connectivity index is 2.58. The van der Waals surface area contributed by atoms with E-state index in [1.54, 1.807) is 0 Å². The van der Waals surface area contributed by atoms with Crippen molar-refractivity contribution in [2.45, 2.75) is 0 Å². The minimum Gasteiger partial charge on any atom is -0.507 e. The number of halogens is 2. The van der Waals surface area contributed by atoms with Gasteiger partial charge in [0.15, 0.2) is 0 Å². The molecule has 2 aromatic rings. The van der Waals surface area contributed by atoms with E-state index in [0.717, 1.165) is 24.3 Å². The van der Waals surface area contributed by atoms with Crippen molar-refractivity contribution in [3.63, 3.8) is 0 Å². The number of phenolic OH excluding ortho intramolecular Hbond substituents is 1. The lowest BCUT2D eigenvalue weighted by molar-refractivity contribution is 0.0696. The van der Waals surface area contributed by atoms with E-state index in [9.17, 15) is 18.7 Å². The third-order valence-corrected chi connectivity index (χ3v) is 2.46. The first-order valence-corrected chi connectivity index (χ1v) is 5.01. The fraction of sp³-hybridized carbons (Fsp3) is 0. The van der Waals surface area contributed by atoms with Crippen LogP contribution in [0.2, 0.25) is 0 Å². The molecule has 0 aliphatic rings. The second-order valence-corrected chi connectivity index (χ2v) is 3.66. The Bertz CT molecular complexity index is 624. The molecule has 2 N–H and O–H groups in total. The normalized spacial score (nSPS) is 10.3. The molecule has 2 aromatic carbocycles. The number of carboxylic acids is 1. The number of phenols is 1. The molecule has 0 aliphatic heterocycles.